The number of nitrogens with zero attached hydrogens (tertiary/aromatic N) is 2. The van der Waals surface area contributed by atoms with E-state index in [2.05, 4.69) is 10.3 Å². The van der Waals surface area contributed by atoms with Crippen molar-refractivity contribution in [3.05, 3.63) is 104 Å². The molecule has 1 amide bonds. The predicted molar refractivity (Wildman–Crippen MR) is 139 cm³/mol. The smallest absolute Gasteiger partial charge is 1.00 e. The van der Waals surface area contributed by atoms with Gasteiger partial charge in [0.1, 0.15) is 12.4 Å². The van der Waals surface area contributed by atoms with Crippen LogP contribution < -0.4 is 70.0 Å². The van der Waals surface area contributed by atoms with Crippen molar-refractivity contribution < 1.29 is 81.8 Å². The fourth-order valence-corrected chi connectivity index (χ4v) is 4.22. The van der Waals surface area contributed by atoms with Crippen molar-refractivity contribution in [1.29, 1.82) is 0 Å². The van der Waals surface area contributed by atoms with Crippen LogP contribution in [0.3, 0.4) is 0 Å². The number of halogens is 2. The van der Waals surface area contributed by atoms with Crippen molar-refractivity contribution in [3.8, 4) is 28.4 Å². The number of carbonyl (C=O) groups excluding carboxylic acids is 1. The molecule has 0 radical (unpaired) electrons. The third-order valence-corrected chi connectivity index (χ3v) is 6.00. The summed E-state index contributed by atoms with van der Waals surface area (Å²) in [6.45, 7) is -0.770. The summed E-state index contributed by atoms with van der Waals surface area (Å²) in [6.07, 6.45) is 0. The summed E-state index contributed by atoms with van der Waals surface area (Å²) in [6, 6.07) is 21.9. The molecule has 4 rings (SSSR count). The molecule has 1 aromatic heterocycles. The number of aliphatic carboxylic acids is 1. The van der Waals surface area contributed by atoms with Gasteiger partial charge in [0.25, 0.3) is 11.5 Å². The van der Waals surface area contributed by atoms with Gasteiger partial charge < -0.3 is 18.4 Å². The SMILES string of the molecule is O=C(O)CNC(=O)c1c(O)nc(-c2c(Cl)cccc2Cl)n(Cc2ccc(-c3ccccc3)cc2)c1=O.[H-].[H-].[Na+].[Na+]. The van der Waals surface area contributed by atoms with Crippen molar-refractivity contribution in [3.63, 3.8) is 0 Å². The molecular weight excluding hydrogens is 551 g/mol. The fraction of sp³-hybridized carbons (Fsp3) is 0.0769. The van der Waals surface area contributed by atoms with Gasteiger partial charge in [-0.05, 0) is 28.8 Å². The fourth-order valence-electron chi connectivity index (χ4n) is 3.65. The number of carboxylic acid groups (broad SMARTS) is 1. The topological polar surface area (TPSA) is 122 Å². The van der Waals surface area contributed by atoms with E-state index in [1.807, 2.05) is 54.6 Å². The Balaban J connectivity index is 0.00000380. The van der Waals surface area contributed by atoms with Crippen molar-refractivity contribution in [2.24, 2.45) is 0 Å². The van der Waals surface area contributed by atoms with Crippen molar-refractivity contribution in [1.82, 2.24) is 14.9 Å². The molecule has 0 saturated heterocycles. The average Bonchev–Trinajstić information content (AvgIpc) is 2.85. The van der Waals surface area contributed by atoms with Crippen LogP contribution in [0.4, 0.5) is 0 Å². The summed E-state index contributed by atoms with van der Waals surface area (Å²) < 4.78 is 1.17. The van der Waals surface area contributed by atoms with E-state index in [0.29, 0.717) is 5.56 Å². The van der Waals surface area contributed by atoms with Crippen LogP contribution in [0.25, 0.3) is 22.5 Å². The van der Waals surface area contributed by atoms with Crippen LogP contribution in [-0.4, -0.2) is 38.2 Å². The van der Waals surface area contributed by atoms with Gasteiger partial charge in [-0.2, -0.15) is 4.98 Å². The third-order valence-electron chi connectivity index (χ3n) is 5.37. The molecule has 0 bridgehead atoms. The number of hydrogen-bond acceptors (Lipinski definition) is 5. The van der Waals surface area contributed by atoms with E-state index < -0.39 is 35.4 Å². The molecule has 1 heterocycles. The Bertz CT molecular complexity index is 1510. The number of carboxylic acids is 1. The molecule has 3 aromatic carbocycles. The Morgan fingerprint density at radius 2 is 1.47 bits per heavy atom. The minimum atomic E-state index is -1.31. The van der Waals surface area contributed by atoms with Crippen LogP contribution in [-0.2, 0) is 11.3 Å². The first kappa shape index (κ1) is 32.1. The van der Waals surface area contributed by atoms with E-state index in [-0.39, 0.29) is 89.9 Å². The normalized spacial score (nSPS) is 10.2. The van der Waals surface area contributed by atoms with Crippen LogP contribution in [0.1, 0.15) is 18.8 Å². The summed E-state index contributed by atoms with van der Waals surface area (Å²) in [4.78, 5) is 40.9. The maximum absolute atomic E-state index is 13.5. The van der Waals surface area contributed by atoms with Crippen LogP contribution in [0.5, 0.6) is 5.88 Å². The second kappa shape index (κ2) is 14.3. The summed E-state index contributed by atoms with van der Waals surface area (Å²) in [5, 5.41) is 21.8. The monoisotopic (exact) mass is 571 g/mol. The van der Waals surface area contributed by atoms with Gasteiger partial charge in [0.05, 0.1) is 22.2 Å². The molecular formula is C26H21Cl2N3Na2O5. The second-order valence-electron chi connectivity index (χ2n) is 7.76. The first-order valence-corrected chi connectivity index (χ1v) is 11.4. The number of aromatic hydroxyl groups is 1. The van der Waals surface area contributed by atoms with Crippen molar-refractivity contribution in [2.45, 2.75) is 6.54 Å². The molecule has 0 spiro atoms. The quantitative estimate of drug-likeness (QED) is 0.237. The van der Waals surface area contributed by atoms with Crippen LogP contribution in [0.2, 0.25) is 10.0 Å². The summed E-state index contributed by atoms with van der Waals surface area (Å²) in [7, 11) is 0. The molecule has 0 atom stereocenters. The third kappa shape index (κ3) is 7.28. The first-order chi connectivity index (χ1) is 17.3. The molecule has 0 aliphatic rings. The number of benzene rings is 3. The van der Waals surface area contributed by atoms with Gasteiger partial charge in [0, 0.05) is 0 Å². The van der Waals surface area contributed by atoms with E-state index in [9.17, 15) is 19.5 Å². The predicted octanol–water partition coefficient (Wildman–Crippen LogP) is -1.31. The van der Waals surface area contributed by atoms with Crippen LogP contribution >= 0.6 is 23.2 Å². The maximum atomic E-state index is 13.5. The van der Waals surface area contributed by atoms with Crippen LogP contribution in [0.15, 0.2) is 77.6 Å². The van der Waals surface area contributed by atoms with Crippen molar-refractivity contribution >= 4 is 35.1 Å². The number of carbonyl (C=O) groups is 2. The minimum Gasteiger partial charge on any atom is -1.00 e. The van der Waals surface area contributed by atoms with Gasteiger partial charge in [-0.3, -0.25) is 19.0 Å². The summed E-state index contributed by atoms with van der Waals surface area (Å²) >= 11 is 12.7. The number of nitrogens with one attached hydrogen (secondary N) is 1. The Kier molecular flexibility index (Phi) is 12.1. The first-order valence-electron chi connectivity index (χ1n) is 10.7. The van der Waals surface area contributed by atoms with E-state index in [0.717, 1.165) is 11.1 Å². The molecule has 4 aromatic rings. The molecule has 8 nitrogen and oxygen atoms in total. The molecule has 186 valence electrons. The standard InChI is InChI=1S/C26H19Cl2N3O5.2Na.2H/c27-18-7-4-8-19(28)21(18)23-30-25(35)22(24(34)29-13-20(32)33)26(36)31(23)14-15-9-11-17(12-10-15)16-5-2-1-3-6-16;;;;/h1-12,35H,13-14H2,(H,29,34)(H,32,33);;;;/q;2*+1;2*-1. The van der Waals surface area contributed by atoms with Gasteiger partial charge in [0.2, 0.25) is 5.88 Å². The minimum absolute atomic E-state index is 0. The zero-order valence-corrected chi connectivity index (χ0v) is 26.1. The van der Waals surface area contributed by atoms with Gasteiger partial charge in [-0.25, -0.2) is 0 Å². The molecule has 3 N–H and O–H groups in total. The Morgan fingerprint density at radius 3 is 2.05 bits per heavy atom. The number of aromatic nitrogens is 2. The average molecular weight is 572 g/mol. The van der Waals surface area contributed by atoms with Gasteiger partial charge in [-0.15, -0.1) is 0 Å². The Labute approximate surface area is 275 Å². The van der Waals surface area contributed by atoms with E-state index >= 15 is 0 Å². The molecule has 0 fully saturated rings. The Morgan fingerprint density at radius 1 is 0.895 bits per heavy atom. The van der Waals surface area contributed by atoms with E-state index in [1.165, 1.54) is 4.57 Å². The molecule has 38 heavy (non-hydrogen) atoms. The van der Waals surface area contributed by atoms with Gasteiger partial charge >= 0.3 is 65.1 Å². The summed E-state index contributed by atoms with van der Waals surface area (Å²) in [5.41, 5.74) is 1.32. The van der Waals surface area contributed by atoms with Crippen LogP contribution in [0, 0.1) is 0 Å². The molecule has 0 unspecified atom stereocenters. The van der Waals surface area contributed by atoms with E-state index in [4.69, 9.17) is 28.3 Å². The van der Waals surface area contributed by atoms with E-state index in [1.54, 1.807) is 18.2 Å². The molecule has 0 aliphatic carbocycles. The van der Waals surface area contributed by atoms with Gasteiger partial charge in [0.15, 0.2) is 5.56 Å². The molecule has 12 heteroatoms. The molecule has 0 aliphatic heterocycles. The molecule has 0 saturated carbocycles. The zero-order valence-electron chi connectivity index (χ0n) is 22.6. The second-order valence-corrected chi connectivity index (χ2v) is 8.58. The largest absolute Gasteiger partial charge is 1.00 e. The van der Waals surface area contributed by atoms with Crippen molar-refractivity contribution in [2.75, 3.05) is 6.54 Å². The zero-order chi connectivity index (χ0) is 25.8. The summed E-state index contributed by atoms with van der Waals surface area (Å²) in [5.74, 6) is -3.30. The number of amides is 1. The maximum Gasteiger partial charge on any atom is 1.00 e. The Hall–Kier alpha value is -2.14. The van der Waals surface area contributed by atoms with Gasteiger partial charge in [-0.1, -0.05) is 83.9 Å². The number of hydrogen-bond donors (Lipinski definition) is 3. The number of rotatable bonds is 7.